The van der Waals surface area contributed by atoms with Crippen LogP contribution in [0.15, 0.2) is 30.3 Å². The summed E-state index contributed by atoms with van der Waals surface area (Å²) in [5.74, 6) is 0. The first-order valence-electron chi connectivity index (χ1n) is 2.38. The van der Waals surface area contributed by atoms with Crippen LogP contribution in [0.5, 0.6) is 0 Å². The summed E-state index contributed by atoms with van der Waals surface area (Å²) in [5.41, 5.74) is 2.74. The smallest absolute Gasteiger partial charge is 0.291 e. The SMILES string of the molecule is ONc1ccccc1.[Al+3]. The molecule has 0 heterocycles. The van der Waals surface area contributed by atoms with Gasteiger partial charge in [-0.15, -0.1) is 0 Å². The Labute approximate surface area is 64.6 Å². The summed E-state index contributed by atoms with van der Waals surface area (Å²) in [6, 6.07) is 9.14. The maximum absolute atomic E-state index is 8.29. The fourth-order valence-electron chi connectivity index (χ4n) is 0.513. The van der Waals surface area contributed by atoms with Crippen molar-refractivity contribution in [3.8, 4) is 0 Å². The van der Waals surface area contributed by atoms with Gasteiger partial charge in [0.05, 0.1) is 5.69 Å². The van der Waals surface area contributed by atoms with Gasteiger partial charge in [0.25, 0.3) is 0 Å². The van der Waals surface area contributed by atoms with Gasteiger partial charge in [-0.3, -0.25) is 10.7 Å². The van der Waals surface area contributed by atoms with Crippen LogP contribution in [0.2, 0.25) is 0 Å². The Balaban J connectivity index is 0.000000640. The summed E-state index contributed by atoms with van der Waals surface area (Å²) in [6.45, 7) is 0. The Morgan fingerprint density at radius 1 is 1.11 bits per heavy atom. The molecule has 0 bridgehead atoms. The Bertz CT molecular complexity index is 154. The third-order valence-electron chi connectivity index (χ3n) is 0.903. The van der Waals surface area contributed by atoms with E-state index >= 15 is 0 Å². The molecule has 0 aromatic heterocycles. The maximum Gasteiger partial charge on any atom is 3.00 e. The van der Waals surface area contributed by atoms with Crippen LogP contribution in [0.3, 0.4) is 0 Å². The third kappa shape index (κ3) is 2.52. The van der Waals surface area contributed by atoms with Gasteiger partial charge < -0.3 is 0 Å². The van der Waals surface area contributed by atoms with Gasteiger partial charge in [-0.25, -0.2) is 0 Å². The summed E-state index contributed by atoms with van der Waals surface area (Å²) in [6.07, 6.45) is 0. The molecule has 2 nitrogen and oxygen atoms in total. The Morgan fingerprint density at radius 2 is 1.67 bits per heavy atom. The van der Waals surface area contributed by atoms with E-state index in [-0.39, 0.29) is 17.4 Å². The quantitative estimate of drug-likeness (QED) is 0.447. The molecular formula is C6H7AlNO+3. The average molecular weight is 136 g/mol. The molecule has 0 aliphatic carbocycles. The zero-order chi connectivity index (χ0) is 5.82. The van der Waals surface area contributed by atoms with Gasteiger partial charge >= 0.3 is 17.4 Å². The van der Waals surface area contributed by atoms with E-state index in [0.29, 0.717) is 5.69 Å². The van der Waals surface area contributed by atoms with Crippen molar-refractivity contribution in [3.05, 3.63) is 30.3 Å². The molecule has 1 aromatic carbocycles. The summed E-state index contributed by atoms with van der Waals surface area (Å²) >= 11 is 0. The second-order valence-corrected chi connectivity index (χ2v) is 1.48. The van der Waals surface area contributed by atoms with E-state index < -0.39 is 0 Å². The van der Waals surface area contributed by atoms with E-state index in [1.165, 1.54) is 0 Å². The first-order chi connectivity index (χ1) is 3.93. The van der Waals surface area contributed by atoms with Crippen LogP contribution in [0, 0.1) is 0 Å². The predicted molar refractivity (Wildman–Crippen MR) is 37.6 cm³/mol. The predicted octanol–water partition coefficient (Wildman–Crippen LogP) is 1.11. The van der Waals surface area contributed by atoms with Crippen molar-refractivity contribution in [2.45, 2.75) is 0 Å². The standard InChI is InChI=1S/C6H7NO.Al/c8-7-6-4-2-1-3-5-6;/h1-5,7-8H;/q;+3. The summed E-state index contributed by atoms with van der Waals surface area (Å²) < 4.78 is 0. The number of hydrogen-bond donors (Lipinski definition) is 2. The largest absolute Gasteiger partial charge is 3.00 e. The van der Waals surface area contributed by atoms with Crippen molar-refractivity contribution >= 4 is 23.0 Å². The molecule has 1 rings (SSSR count). The molecule has 1 aromatic rings. The second-order valence-electron chi connectivity index (χ2n) is 1.48. The van der Waals surface area contributed by atoms with Crippen LogP contribution in [0.4, 0.5) is 5.69 Å². The molecule has 2 N–H and O–H groups in total. The van der Waals surface area contributed by atoms with E-state index in [0.717, 1.165) is 0 Å². The van der Waals surface area contributed by atoms with Crippen LogP contribution in [0.1, 0.15) is 0 Å². The van der Waals surface area contributed by atoms with Gasteiger partial charge in [-0.1, -0.05) is 18.2 Å². The number of hydrogen-bond acceptors (Lipinski definition) is 2. The minimum atomic E-state index is 0. The van der Waals surface area contributed by atoms with Crippen molar-refractivity contribution in [1.82, 2.24) is 0 Å². The molecular weight excluding hydrogens is 129 g/mol. The molecule has 9 heavy (non-hydrogen) atoms. The van der Waals surface area contributed by atoms with E-state index in [2.05, 4.69) is 0 Å². The first-order valence-corrected chi connectivity index (χ1v) is 2.38. The number of para-hydroxylation sites is 1. The molecule has 0 fully saturated rings. The number of nitrogens with one attached hydrogen (secondary N) is 1. The van der Waals surface area contributed by atoms with Gasteiger partial charge in [-0.05, 0) is 12.1 Å². The van der Waals surface area contributed by atoms with Crippen LogP contribution >= 0.6 is 0 Å². The molecule has 3 heteroatoms. The molecule has 0 amide bonds. The molecule has 0 aliphatic rings. The monoisotopic (exact) mass is 136 g/mol. The van der Waals surface area contributed by atoms with Crippen molar-refractivity contribution in [3.63, 3.8) is 0 Å². The summed E-state index contributed by atoms with van der Waals surface area (Å²) in [7, 11) is 0. The summed E-state index contributed by atoms with van der Waals surface area (Å²) in [4.78, 5) is 0. The third-order valence-corrected chi connectivity index (χ3v) is 0.903. The molecule has 0 spiro atoms. The zero-order valence-electron chi connectivity index (χ0n) is 4.91. The van der Waals surface area contributed by atoms with Gasteiger partial charge in [0.15, 0.2) is 0 Å². The Kier molecular flexibility index (Phi) is 4.16. The van der Waals surface area contributed by atoms with Crippen molar-refractivity contribution in [1.29, 1.82) is 0 Å². The topological polar surface area (TPSA) is 32.3 Å². The fraction of sp³-hybridized carbons (Fsp3) is 0. The van der Waals surface area contributed by atoms with E-state index in [4.69, 9.17) is 5.21 Å². The van der Waals surface area contributed by atoms with Gasteiger partial charge in [0, 0.05) is 0 Å². The van der Waals surface area contributed by atoms with Crippen LogP contribution in [0.25, 0.3) is 0 Å². The first kappa shape index (κ1) is 8.51. The molecule has 0 saturated carbocycles. The van der Waals surface area contributed by atoms with Gasteiger partial charge in [0.2, 0.25) is 0 Å². The number of rotatable bonds is 1. The Morgan fingerprint density at radius 3 is 2.00 bits per heavy atom. The average Bonchev–Trinajstić information content (AvgIpc) is 1.90. The molecule has 0 saturated heterocycles. The van der Waals surface area contributed by atoms with Crippen molar-refractivity contribution < 1.29 is 5.21 Å². The molecule has 0 radical (unpaired) electrons. The minimum absolute atomic E-state index is 0. The summed E-state index contributed by atoms with van der Waals surface area (Å²) in [5, 5.41) is 8.29. The molecule has 42 valence electrons. The zero-order valence-corrected chi connectivity index (χ0v) is 6.07. The van der Waals surface area contributed by atoms with Crippen molar-refractivity contribution in [2.24, 2.45) is 0 Å². The van der Waals surface area contributed by atoms with E-state index in [9.17, 15) is 0 Å². The maximum atomic E-state index is 8.29. The van der Waals surface area contributed by atoms with Crippen LogP contribution in [-0.2, 0) is 0 Å². The van der Waals surface area contributed by atoms with E-state index in [1.54, 1.807) is 12.1 Å². The van der Waals surface area contributed by atoms with Crippen LogP contribution in [-0.4, -0.2) is 22.6 Å². The van der Waals surface area contributed by atoms with Crippen LogP contribution < -0.4 is 5.48 Å². The van der Waals surface area contributed by atoms with Crippen molar-refractivity contribution in [2.75, 3.05) is 5.48 Å². The normalized spacial score (nSPS) is 7.67. The van der Waals surface area contributed by atoms with Gasteiger partial charge in [-0.2, -0.15) is 0 Å². The number of anilines is 1. The molecule has 0 aliphatic heterocycles. The number of benzene rings is 1. The minimum Gasteiger partial charge on any atom is -0.291 e. The van der Waals surface area contributed by atoms with Gasteiger partial charge in [0.1, 0.15) is 0 Å². The second kappa shape index (κ2) is 4.40. The Hall–Kier alpha value is -0.488. The van der Waals surface area contributed by atoms with E-state index in [1.807, 2.05) is 23.7 Å². The fourth-order valence-corrected chi connectivity index (χ4v) is 0.513. The molecule has 0 unspecified atom stereocenters. The molecule has 0 atom stereocenters.